The zero-order valence-corrected chi connectivity index (χ0v) is 10.7. The lowest BCUT2D eigenvalue weighted by molar-refractivity contribution is 0.0657. The lowest BCUT2D eigenvalue weighted by Crippen LogP contribution is -2.36. The Kier molecular flexibility index (Phi) is 4.04. The van der Waals surface area contributed by atoms with Gasteiger partial charge in [-0.1, -0.05) is 0 Å². The Morgan fingerprint density at radius 2 is 2.39 bits per heavy atom. The van der Waals surface area contributed by atoms with E-state index in [0.29, 0.717) is 23.9 Å². The molecule has 100 valence electrons. The van der Waals surface area contributed by atoms with Crippen LogP contribution in [0.25, 0.3) is 0 Å². The van der Waals surface area contributed by atoms with Crippen LogP contribution in [0.5, 0.6) is 0 Å². The number of nitrogens with one attached hydrogen (secondary N) is 1. The molecule has 0 spiro atoms. The third-order valence-corrected chi connectivity index (χ3v) is 3.46. The van der Waals surface area contributed by atoms with E-state index in [0.717, 1.165) is 19.3 Å². The fourth-order valence-corrected chi connectivity index (χ4v) is 2.52. The molecule has 1 aromatic rings. The van der Waals surface area contributed by atoms with Gasteiger partial charge < -0.3 is 19.6 Å². The van der Waals surface area contributed by atoms with Crippen LogP contribution < -0.4 is 5.32 Å². The van der Waals surface area contributed by atoms with Crippen LogP contribution >= 0.6 is 0 Å². The summed E-state index contributed by atoms with van der Waals surface area (Å²) in [7, 11) is 1.73. The van der Waals surface area contributed by atoms with E-state index < -0.39 is 5.97 Å². The molecule has 1 aliphatic rings. The van der Waals surface area contributed by atoms with E-state index in [1.54, 1.807) is 20.1 Å². The number of aryl methyl sites for hydroxylation is 1. The normalized spacial score (nSPS) is 23.4. The predicted molar refractivity (Wildman–Crippen MR) is 65.7 cm³/mol. The molecule has 0 amide bonds. The second-order valence-corrected chi connectivity index (χ2v) is 4.72. The number of methoxy groups -OCH3 is 1. The van der Waals surface area contributed by atoms with Gasteiger partial charge in [-0.2, -0.15) is 0 Å². The zero-order valence-electron chi connectivity index (χ0n) is 10.7. The van der Waals surface area contributed by atoms with Crippen molar-refractivity contribution < 1.29 is 19.1 Å². The van der Waals surface area contributed by atoms with Gasteiger partial charge in [0.05, 0.1) is 12.6 Å². The summed E-state index contributed by atoms with van der Waals surface area (Å²) in [6.07, 6.45) is 3.57. The molecule has 5 nitrogen and oxygen atoms in total. The minimum atomic E-state index is -1.02. The van der Waals surface area contributed by atoms with Gasteiger partial charge in [0.15, 0.2) is 0 Å². The number of carboxylic acid groups (broad SMARTS) is 1. The molecule has 0 radical (unpaired) electrons. The molecule has 18 heavy (non-hydrogen) atoms. The van der Waals surface area contributed by atoms with Crippen molar-refractivity contribution >= 4 is 5.97 Å². The highest BCUT2D eigenvalue weighted by atomic mass is 16.5. The first-order chi connectivity index (χ1) is 8.61. The van der Waals surface area contributed by atoms with Gasteiger partial charge in [0, 0.05) is 18.7 Å². The summed E-state index contributed by atoms with van der Waals surface area (Å²) in [5.41, 5.74) is 0.661. The molecule has 1 aromatic heterocycles. The van der Waals surface area contributed by atoms with Crippen LogP contribution in [0.2, 0.25) is 0 Å². The highest BCUT2D eigenvalue weighted by molar-refractivity contribution is 5.86. The quantitative estimate of drug-likeness (QED) is 0.839. The number of carboxylic acids is 1. The SMILES string of the molecule is COC1CCCC1NCc1cc(C)c(C(=O)O)o1. The number of hydrogen-bond donors (Lipinski definition) is 2. The molecular formula is C13H19NO4. The minimum Gasteiger partial charge on any atom is -0.475 e. The minimum absolute atomic E-state index is 0.0292. The maximum Gasteiger partial charge on any atom is 0.372 e. The molecule has 0 aliphatic heterocycles. The first kappa shape index (κ1) is 13.1. The van der Waals surface area contributed by atoms with Crippen molar-refractivity contribution in [3.05, 3.63) is 23.2 Å². The van der Waals surface area contributed by atoms with E-state index in [4.69, 9.17) is 14.3 Å². The first-order valence-electron chi connectivity index (χ1n) is 6.20. The van der Waals surface area contributed by atoms with Crippen molar-refractivity contribution in [2.45, 2.75) is 44.9 Å². The van der Waals surface area contributed by atoms with Crippen molar-refractivity contribution in [1.29, 1.82) is 0 Å². The highest BCUT2D eigenvalue weighted by Gasteiger charge is 2.26. The van der Waals surface area contributed by atoms with Gasteiger partial charge in [-0.25, -0.2) is 4.79 Å². The summed E-state index contributed by atoms with van der Waals surface area (Å²) in [6.45, 7) is 2.28. The molecule has 1 saturated carbocycles. The fourth-order valence-electron chi connectivity index (χ4n) is 2.52. The Hall–Kier alpha value is -1.33. The smallest absolute Gasteiger partial charge is 0.372 e. The van der Waals surface area contributed by atoms with E-state index in [-0.39, 0.29) is 11.9 Å². The van der Waals surface area contributed by atoms with Gasteiger partial charge in [0.25, 0.3) is 0 Å². The molecule has 5 heteroatoms. The summed E-state index contributed by atoms with van der Waals surface area (Å²) in [5.74, 6) is -0.331. The van der Waals surface area contributed by atoms with Gasteiger partial charge in [0.2, 0.25) is 5.76 Å². The average molecular weight is 253 g/mol. The van der Waals surface area contributed by atoms with Crippen LogP contribution in [-0.2, 0) is 11.3 Å². The second-order valence-electron chi connectivity index (χ2n) is 4.72. The topological polar surface area (TPSA) is 71.7 Å². The van der Waals surface area contributed by atoms with E-state index >= 15 is 0 Å². The molecular weight excluding hydrogens is 234 g/mol. The third kappa shape index (κ3) is 2.73. The zero-order chi connectivity index (χ0) is 13.1. The van der Waals surface area contributed by atoms with Crippen LogP contribution in [0.3, 0.4) is 0 Å². The van der Waals surface area contributed by atoms with Crippen LogP contribution in [-0.4, -0.2) is 30.3 Å². The van der Waals surface area contributed by atoms with Crippen molar-refractivity contribution in [3.63, 3.8) is 0 Å². The van der Waals surface area contributed by atoms with Gasteiger partial charge in [-0.15, -0.1) is 0 Å². The number of hydrogen-bond acceptors (Lipinski definition) is 4. The Labute approximate surface area is 106 Å². The molecule has 2 unspecified atom stereocenters. The van der Waals surface area contributed by atoms with Crippen molar-refractivity contribution in [2.75, 3.05) is 7.11 Å². The van der Waals surface area contributed by atoms with Gasteiger partial charge in [0.1, 0.15) is 5.76 Å². The molecule has 0 saturated heterocycles. The molecule has 2 N–H and O–H groups in total. The van der Waals surface area contributed by atoms with Crippen LogP contribution in [0.4, 0.5) is 0 Å². The monoisotopic (exact) mass is 253 g/mol. The molecule has 0 aromatic carbocycles. The van der Waals surface area contributed by atoms with E-state index in [2.05, 4.69) is 5.32 Å². The molecule has 1 fully saturated rings. The Morgan fingerprint density at radius 1 is 1.61 bits per heavy atom. The molecule has 1 heterocycles. The number of furan rings is 1. The van der Waals surface area contributed by atoms with Crippen molar-refractivity contribution in [1.82, 2.24) is 5.32 Å². The van der Waals surface area contributed by atoms with E-state index in [1.165, 1.54) is 0 Å². The molecule has 2 atom stereocenters. The molecule has 1 aliphatic carbocycles. The number of rotatable bonds is 5. The lowest BCUT2D eigenvalue weighted by Gasteiger charge is -2.18. The van der Waals surface area contributed by atoms with E-state index in [9.17, 15) is 4.79 Å². The molecule has 2 rings (SSSR count). The summed E-state index contributed by atoms with van der Waals surface area (Å²) >= 11 is 0. The number of aromatic carboxylic acids is 1. The van der Waals surface area contributed by atoms with E-state index in [1.807, 2.05) is 0 Å². The maximum absolute atomic E-state index is 10.9. The van der Waals surface area contributed by atoms with Crippen LogP contribution in [0.1, 0.15) is 41.1 Å². The fraction of sp³-hybridized carbons (Fsp3) is 0.615. The molecule has 0 bridgehead atoms. The van der Waals surface area contributed by atoms with Crippen LogP contribution in [0.15, 0.2) is 10.5 Å². The third-order valence-electron chi connectivity index (χ3n) is 3.46. The van der Waals surface area contributed by atoms with Crippen molar-refractivity contribution in [2.24, 2.45) is 0 Å². The van der Waals surface area contributed by atoms with Crippen LogP contribution in [0, 0.1) is 6.92 Å². The highest BCUT2D eigenvalue weighted by Crippen LogP contribution is 2.22. The summed E-state index contributed by atoms with van der Waals surface area (Å²) in [5, 5.41) is 12.3. The summed E-state index contributed by atoms with van der Waals surface area (Å²) < 4.78 is 10.7. The summed E-state index contributed by atoms with van der Waals surface area (Å²) in [4.78, 5) is 10.9. The Balaban J connectivity index is 1.94. The van der Waals surface area contributed by atoms with Gasteiger partial charge in [-0.05, 0) is 32.3 Å². The Bertz CT molecular complexity index is 427. The largest absolute Gasteiger partial charge is 0.475 e. The first-order valence-corrected chi connectivity index (χ1v) is 6.20. The maximum atomic E-state index is 10.9. The average Bonchev–Trinajstić information content (AvgIpc) is 2.92. The predicted octanol–water partition coefficient (Wildman–Crippen LogP) is 1.94. The number of carbonyl (C=O) groups is 1. The van der Waals surface area contributed by atoms with Crippen molar-refractivity contribution in [3.8, 4) is 0 Å². The second kappa shape index (κ2) is 5.54. The van der Waals surface area contributed by atoms with Gasteiger partial charge in [-0.3, -0.25) is 0 Å². The Morgan fingerprint density at radius 3 is 3.00 bits per heavy atom. The standard InChI is InChI=1S/C13H19NO4/c1-8-6-9(18-12(8)13(15)16)7-14-10-4-3-5-11(10)17-2/h6,10-11,14H,3-5,7H2,1-2H3,(H,15,16). The number of ether oxygens (including phenoxy) is 1. The van der Waals surface area contributed by atoms with Gasteiger partial charge >= 0.3 is 5.97 Å². The summed E-state index contributed by atoms with van der Waals surface area (Å²) in [6, 6.07) is 2.10. The lowest BCUT2D eigenvalue weighted by atomic mass is 10.2.